The predicted octanol–water partition coefficient (Wildman–Crippen LogP) is 1.88. The largest absolute Gasteiger partial charge is 0.383 e. The molecule has 0 aliphatic rings. The number of thioether (sulfide) groups is 1. The van der Waals surface area contributed by atoms with Gasteiger partial charge in [0.1, 0.15) is 11.6 Å². The van der Waals surface area contributed by atoms with Crippen molar-refractivity contribution in [3.63, 3.8) is 0 Å². The van der Waals surface area contributed by atoms with Gasteiger partial charge in [-0.25, -0.2) is 9.97 Å². The molecule has 2 aromatic rings. The minimum absolute atomic E-state index is 0.126. The Morgan fingerprint density at radius 3 is 2.50 bits per heavy atom. The van der Waals surface area contributed by atoms with Crippen molar-refractivity contribution in [3.05, 3.63) is 46.0 Å². The molecule has 0 aliphatic carbocycles. The van der Waals surface area contributed by atoms with E-state index >= 15 is 0 Å². The summed E-state index contributed by atoms with van der Waals surface area (Å²) in [5.74, 6) is 1.23. The van der Waals surface area contributed by atoms with Crippen molar-refractivity contribution >= 4 is 29.1 Å². The van der Waals surface area contributed by atoms with Crippen molar-refractivity contribution in [2.24, 2.45) is 0 Å². The van der Waals surface area contributed by atoms with E-state index in [9.17, 15) is 10.1 Å². The summed E-state index contributed by atoms with van der Waals surface area (Å²) < 4.78 is 0. The zero-order valence-corrected chi connectivity index (χ0v) is 11.3. The number of rotatable bonds is 5. The van der Waals surface area contributed by atoms with Gasteiger partial charge in [-0.2, -0.15) is 0 Å². The highest BCUT2D eigenvalue weighted by Gasteiger charge is 2.12. The van der Waals surface area contributed by atoms with Crippen LogP contribution >= 0.6 is 11.8 Å². The van der Waals surface area contributed by atoms with E-state index in [2.05, 4.69) is 9.97 Å². The number of nitrogens with zero attached hydrogens (tertiary/aromatic N) is 3. The summed E-state index contributed by atoms with van der Waals surface area (Å²) >= 11 is 1.36. The topological polar surface area (TPSA) is 121 Å². The number of nitrogen functional groups attached to an aromatic ring is 2. The first-order valence-corrected chi connectivity index (χ1v) is 6.80. The molecule has 0 spiro atoms. The molecule has 1 aromatic heterocycles. The van der Waals surface area contributed by atoms with Crippen molar-refractivity contribution in [3.8, 4) is 0 Å². The third-order valence-electron chi connectivity index (χ3n) is 2.54. The molecule has 1 heterocycles. The first-order valence-electron chi connectivity index (χ1n) is 5.81. The maximum atomic E-state index is 10.9. The summed E-state index contributed by atoms with van der Waals surface area (Å²) in [4.78, 5) is 18.6. The Morgan fingerprint density at radius 2 is 1.85 bits per heavy atom. The molecule has 4 N–H and O–H groups in total. The van der Waals surface area contributed by atoms with Crippen molar-refractivity contribution in [1.82, 2.24) is 9.97 Å². The van der Waals surface area contributed by atoms with Crippen LogP contribution < -0.4 is 11.5 Å². The fourth-order valence-corrected chi connectivity index (χ4v) is 2.52. The van der Waals surface area contributed by atoms with Gasteiger partial charge in [-0.1, -0.05) is 30.0 Å². The SMILES string of the molecule is Nc1cc(N)nc(SCCc2ccccc2[N+](=O)[O-])n1. The van der Waals surface area contributed by atoms with Crippen LogP contribution in [0.2, 0.25) is 0 Å². The quantitative estimate of drug-likeness (QED) is 0.373. The van der Waals surface area contributed by atoms with Crippen LogP contribution in [-0.2, 0) is 6.42 Å². The molecule has 0 radical (unpaired) electrons. The molecule has 7 nitrogen and oxygen atoms in total. The normalized spacial score (nSPS) is 10.4. The molecule has 2 rings (SSSR count). The summed E-state index contributed by atoms with van der Waals surface area (Å²) in [6.07, 6.45) is 0.542. The van der Waals surface area contributed by atoms with Crippen LogP contribution in [0.4, 0.5) is 17.3 Å². The van der Waals surface area contributed by atoms with Gasteiger partial charge in [-0.05, 0) is 6.42 Å². The Morgan fingerprint density at radius 1 is 1.20 bits per heavy atom. The molecule has 0 amide bonds. The summed E-state index contributed by atoms with van der Waals surface area (Å²) in [5.41, 5.74) is 12.0. The molecule has 104 valence electrons. The average molecular weight is 291 g/mol. The van der Waals surface area contributed by atoms with Gasteiger partial charge >= 0.3 is 0 Å². The van der Waals surface area contributed by atoms with E-state index in [-0.39, 0.29) is 10.6 Å². The molecular weight excluding hydrogens is 278 g/mol. The highest BCUT2D eigenvalue weighted by atomic mass is 32.2. The number of benzene rings is 1. The third-order valence-corrected chi connectivity index (χ3v) is 3.39. The van der Waals surface area contributed by atoms with Crippen molar-refractivity contribution in [1.29, 1.82) is 0 Å². The predicted molar refractivity (Wildman–Crippen MR) is 78.4 cm³/mol. The van der Waals surface area contributed by atoms with Gasteiger partial charge < -0.3 is 11.5 Å². The first kappa shape index (κ1) is 14.1. The number of anilines is 2. The number of hydrogen-bond donors (Lipinski definition) is 2. The van der Waals surface area contributed by atoms with Crippen molar-refractivity contribution in [2.75, 3.05) is 17.2 Å². The van der Waals surface area contributed by atoms with Gasteiger partial charge in [0.25, 0.3) is 5.69 Å². The third kappa shape index (κ3) is 3.58. The fourth-order valence-electron chi connectivity index (χ4n) is 1.68. The van der Waals surface area contributed by atoms with Crippen LogP contribution in [0.25, 0.3) is 0 Å². The molecule has 1 aromatic carbocycles. The van der Waals surface area contributed by atoms with Gasteiger partial charge in [0.15, 0.2) is 5.16 Å². The van der Waals surface area contributed by atoms with Crippen LogP contribution in [0.1, 0.15) is 5.56 Å². The van der Waals surface area contributed by atoms with Gasteiger partial charge in [0, 0.05) is 23.4 Å². The Bertz CT molecular complexity index is 615. The van der Waals surface area contributed by atoms with E-state index in [0.717, 1.165) is 0 Å². The van der Waals surface area contributed by atoms with E-state index in [1.165, 1.54) is 23.9 Å². The highest BCUT2D eigenvalue weighted by molar-refractivity contribution is 7.99. The van der Waals surface area contributed by atoms with Crippen LogP contribution in [0, 0.1) is 10.1 Å². The molecule has 0 saturated heterocycles. The fraction of sp³-hybridized carbons (Fsp3) is 0.167. The highest BCUT2D eigenvalue weighted by Crippen LogP contribution is 2.22. The second-order valence-corrected chi connectivity index (χ2v) is 5.05. The second-order valence-electron chi connectivity index (χ2n) is 3.98. The molecule has 20 heavy (non-hydrogen) atoms. The zero-order valence-electron chi connectivity index (χ0n) is 10.5. The smallest absolute Gasteiger partial charge is 0.272 e. The minimum Gasteiger partial charge on any atom is -0.383 e. The van der Waals surface area contributed by atoms with E-state index in [1.54, 1.807) is 18.2 Å². The maximum absolute atomic E-state index is 10.9. The molecule has 0 bridgehead atoms. The number of nitro benzene ring substituents is 1. The van der Waals surface area contributed by atoms with E-state index in [0.29, 0.717) is 34.5 Å². The first-order chi connectivity index (χ1) is 9.56. The standard InChI is InChI=1S/C12H13N5O2S/c13-10-7-11(14)16-12(15-10)20-6-5-8-3-1-2-4-9(8)17(18)19/h1-4,7H,5-6H2,(H4,13,14,15,16). The van der Waals surface area contributed by atoms with Gasteiger partial charge in [-0.15, -0.1) is 0 Å². The Balaban J connectivity index is 2.01. The van der Waals surface area contributed by atoms with Crippen LogP contribution in [-0.4, -0.2) is 20.6 Å². The van der Waals surface area contributed by atoms with Crippen LogP contribution in [0.5, 0.6) is 0 Å². The van der Waals surface area contributed by atoms with Crippen molar-refractivity contribution in [2.45, 2.75) is 11.6 Å². The molecule has 0 atom stereocenters. The summed E-state index contributed by atoms with van der Waals surface area (Å²) in [6, 6.07) is 8.15. The lowest BCUT2D eigenvalue weighted by Gasteiger charge is -2.03. The van der Waals surface area contributed by atoms with E-state index in [4.69, 9.17) is 11.5 Å². The van der Waals surface area contributed by atoms with E-state index < -0.39 is 0 Å². The summed E-state index contributed by atoms with van der Waals surface area (Å²) in [7, 11) is 0. The van der Waals surface area contributed by atoms with Gasteiger partial charge in [0.2, 0.25) is 0 Å². The number of aryl methyl sites for hydroxylation is 1. The van der Waals surface area contributed by atoms with Gasteiger partial charge in [0.05, 0.1) is 4.92 Å². The second kappa shape index (κ2) is 6.20. The molecule has 8 heteroatoms. The lowest BCUT2D eigenvalue weighted by Crippen LogP contribution is -2.01. The van der Waals surface area contributed by atoms with Crippen LogP contribution in [0.3, 0.4) is 0 Å². The molecule has 0 saturated carbocycles. The van der Waals surface area contributed by atoms with Crippen molar-refractivity contribution < 1.29 is 4.92 Å². The number of nitrogens with two attached hydrogens (primary N) is 2. The van der Waals surface area contributed by atoms with Crippen LogP contribution in [0.15, 0.2) is 35.5 Å². The average Bonchev–Trinajstić information content (AvgIpc) is 2.38. The Labute approximate surface area is 119 Å². The monoisotopic (exact) mass is 291 g/mol. The minimum atomic E-state index is -0.380. The summed E-state index contributed by atoms with van der Waals surface area (Å²) in [6.45, 7) is 0. The lowest BCUT2D eigenvalue weighted by molar-refractivity contribution is -0.385. The number of hydrogen-bond acceptors (Lipinski definition) is 7. The molecule has 0 fully saturated rings. The lowest BCUT2D eigenvalue weighted by atomic mass is 10.1. The Hall–Kier alpha value is -2.35. The maximum Gasteiger partial charge on any atom is 0.272 e. The van der Waals surface area contributed by atoms with E-state index in [1.807, 2.05) is 0 Å². The number of para-hydroxylation sites is 1. The molecule has 0 unspecified atom stereocenters. The number of nitro groups is 1. The molecule has 0 aliphatic heterocycles. The Kier molecular flexibility index (Phi) is 4.36. The van der Waals surface area contributed by atoms with Gasteiger partial charge in [-0.3, -0.25) is 10.1 Å². The number of aromatic nitrogens is 2. The molecular formula is C12H13N5O2S. The zero-order chi connectivity index (χ0) is 14.5. The summed E-state index contributed by atoms with van der Waals surface area (Å²) in [5, 5.41) is 11.4.